The largest absolute Gasteiger partial charge is 0.496 e. The fourth-order valence-corrected chi connectivity index (χ4v) is 7.62. The van der Waals surface area contributed by atoms with E-state index in [0.29, 0.717) is 52.8 Å². The molecule has 1 aliphatic rings. The number of carbonyl (C=O) groups is 2. The Kier molecular flexibility index (Phi) is 13.6. The Balaban J connectivity index is 1.14. The molecule has 1 aliphatic heterocycles. The van der Waals surface area contributed by atoms with E-state index in [1.165, 1.54) is 14.2 Å². The molecule has 318 valence electrons. The molecular formula is C44H54N8O7S. The van der Waals surface area contributed by atoms with E-state index < -0.39 is 15.9 Å². The van der Waals surface area contributed by atoms with Crippen LogP contribution in [0.2, 0.25) is 0 Å². The minimum Gasteiger partial charge on any atom is -0.496 e. The molecule has 0 aliphatic carbocycles. The molecule has 15 nitrogen and oxygen atoms in total. The average molecular weight is 839 g/mol. The number of β-amino-alcohol motifs (C(OH)–C–C–N with tert-alkyl or cyclic N) is 1. The van der Waals surface area contributed by atoms with E-state index >= 15 is 0 Å². The summed E-state index contributed by atoms with van der Waals surface area (Å²) in [5.41, 5.74) is 5.85. The highest BCUT2D eigenvalue weighted by molar-refractivity contribution is 7.92. The highest BCUT2D eigenvalue weighted by Crippen LogP contribution is 2.39. The second-order valence-corrected chi connectivity index (χ2v) is 17.6. The molecule has 60 heavy (non-hydrogen) atoms. The maximum atomic E-state index is 13.8. The lowest BCUT2D eigenvalue weighted by Gasteiger charge is -2.34. The fourth-order valence-electron chi connectivity index (χ4n) is 7.07. The number of sulfonamides is 1. The average Bonchev–Trinajstić information content (AvgIpc) is 3.20. The Hall–Kier alpha value is -5.81. The number of piperazine rings is 1. The number of anilines is 4. The van der Waals surface area contributed by atoms with Gasteiger partial charge in [0, 0.05) is 74.7 Å². The van der Waals surface area contributed by atoms with Crippen molar-refractivity contribution in [3.8, 4) is 22.6 Å². The van der Waals surface area contributed by atoms with Crippen LogP contribution < -0.4 is 30.1 Å². The quantitative estimate of drug-likeness (QED) is 0.0877. The predicted octanol–water partition coefficient (Wildman–Crippen LogP) is 5.63. The minimum atomic E-state index is -3.63. The van der Waals surface area contributed by atoms with Gasteiger partial charge in [-0.3, -0.25) is 24.1 Å². The summed E-state index contributed by atoms with van der Waals surface area (Å²) in [5, 5.41) is 19.1. The highest BCUT2D eigenvalue weighted by Gasteiger charge is 2.23. The summed E-state index contributed by atoms with van der Waals surface area (Å²) >= 11 is 0. The number of rotatable bonds is 15. The number of hydrogen-bond donors (Lipinski definition) is 5. The molecule has 2 amide bonds. The van der Waals surface area contributed by atoms with Gasteiger partial charge in [0.1, 0.15) is 5.75 Å². The van der Waals surface area contributed by atoms with Crippen molar-refractivity contribution in [1.29, 1.82) is 0 Å². The minimum absolute atomic E-state index is 0.164. The first-order chi connectivity index (χ1) is 28.5. The number of nitrogens with zero attached hydrogens (tertiary/aromatic N) is 4. The Bertz CT molecular complexity index is 2480. The number of nitrogens with one attached hydrogen (secondary N) is 4. The number of amides is 2. The van der Waals surface area contributed by atoms with Crippen LogP contribution in [0.5, 0.6) is 11.5 Å². The first-order valence-corrected chi connectivity index (χ1v) is 21.6. The number of carbonyl (C=O) groups excluding carboxylic acids is 2. The van der Waals surface area contributed by atoms with Crippen molar-refractivity contribution >= 4 is 55.8 Å². The Labute approximate surface area is 351 Å². The van der Waals surface area contributed by atoms with Crippen LogP contribution in [-0.4, -0.2) is 118 Å². The molecule has 0 atom stereocenters. The van der Waals surface area contributed by atoms with Crippen LogP contribution in [0.4, 0.5) is 23.0 Å². The summed E-state index contributed by atoms with van der Waals surface area (Å²) in [6.07, 6.45) is 2.79. The summed E-state index contributed by atoms with van der Waals surface area (Å²) in [4.78, 5) is 40.7. The van der Waals surface area contributed by atoms with Crippen molar-refractivity contribution < 1.29 is 32.6 Å². The van der Waals surface area contributed by atoms with Crippen LogP contribution in [-0.2, 0) is 15.4 Å². The van der Waals surface area contributed by atoms with E-state index in [4.69, 9.17) is 19.6 Å². The van der Waals surface area contributed by atoms with Crippen LogP contribution >= 0.6 is 0 Å². The first kappa shape index (κ1) is 43.8. The summed E-state index contributed by atoms with van der Waals surface area (Å²) in [6.45, 7) is 13.7. The lowest BCUT2D eigenvalue weighted by molar-refractivity contribution is 0.0922. The molecule has 0 unspecified atom stereocenters. The van der Waals surface area contributed by atoms with E-state index in [0.717, 1.165) is 66.6 Å². The third-order valence-corrected chi connectivity index (χ3v) is 11.0. The van der Waals surface area contributed by atoms with Gasteiger partial charge in [0.25, 0.3) is 11.8 Å². The first-order valence-electron chi connectivity index (χ1n) is 19.7. The molecule has 6 rings (SSSR count). The summed E-state index contributed by atoms with van der Waals surface area (Å²) in [6, 6.07) is 20.0. The summed E-state index contributed by atoms with van der Waals surface area (Å²) < 4.78 is 38.1. The zero-order chi connectivity index (χ0) is 43.2. The Morgan fingerprint density at radius 1 is 0.867 bits per heavy atom. The number of aliphatic hydroxyl groups excluding tert-OH is 1. The van der Waals surface area contributed by atoms with Crippen molar-refractivity contribution in [2.75, 3.05) is 88.3 Å². The van der Waals surface area contributed by atoms with E-state index in [-0.39, 0.29) is 29.4 Å². The number of aliphatic hydroxyl groups is 1. The third kappa shape index (κ3) is 10.9. The van der Waals surface area contributed by atoms with Crippen molar-refractivity contribution in [3.05, 3.63) is 95.2 Å². The van der Waals surface area contributed by atoms with Gasteiger partial charge in [0.05, 0.1) is 49.5 Å². The number of fused-ring (bicyclic) bond motifs is 1. The standard InChI is InChI=1S/C44H54N8O7S/c1-28-8-9-30(41(54)48-37-24-32(44(2,3)4)25-38(40(37)59-6)50-60(7,56)57)23-35(28)29-10-13-36-31(22-29)27-46-43(49-36)47-33-11-12-34(39(26-33)58-5)42(55)45-14-15-51-16-18-52(19-17-51)20-21-53/h8-13,22-27,50,53H,14-21H2,1-7H3,(H,45,55)(H,48,54)(H,46,47,49). The molecule has 0 radical (unpaired) electrons. The molecule has 1 fully saturated rings. The van der Waals surface area contributed by atoms with Crippen molar-refractivity contribution in [2.45, 2.75) is 33.1 Å². The summed E-state index contributed by atoms with van der Waals surface area (Å²) in [5.74, 6) is 0.365. The van der Waals surface area contributed by atoms with Gasteiger partial charge in [0.15, 0.2) is 5.75 Å². The molecule has 1 saturated heterocycles. The van der Waals surface area contributed by atoms with Crippen LogP contribution in [0.15, 0.2) is 72.9 Å². The molecule has 4 aromatic carbocycles. The SMILES string of the molecule is COc1cc(Nc2ncc3cc(-c4cc(C(=O)Nc5cc(C(C)(C)C)cc(NS(C)(=O)=O)c5OC)ccc4C)ccc3n2)ccc1C(=O)NCCN1CCN(CCO)CC1. The van der Waals surface area contributed by atoms with Crippen molar-refractivity contribution in [3.63, 3.8) is 0 Å². The van der Waals surface area contributed by atoms with Gasteiger partial charge in [-0.1, -0.05) is 32.9 Å². The fraction of sp³-hybridized carbons (Fsp3) is 0.364. The van der Waals surface area contributed by atoms with Crippen LogP contribution in [0, 0.1) is 6.92 Å². The van der Waals surface area contributed by atoms with E-state index in [9.17, 15) is 18.0 Å². The highest BCUT2D eigenvalue weighted by atomic mass is 32.2. The number of benzene rings is 4. The predicted molar refractivity (Wildman–Crippen MR) is 236 cm³/mol. The molecule has 1 aromatic heterocycles. The topological polar surface area (TPSA) is 187 Å². The van der Waals surface area contributed by atoms with Gasteiger partial charge in [-0.2, -0.15) is 0 Å². The molecule has 5 N–H and O–H groups in total. The molecule has 0 saturated carbocycles. The number of ether oxygens (including phenoxy) is 2. The number of hydrogen-bond acceptors (Lipinski definition) is 12. The van der Waals surface area contributed by atoms with E-state index in [1.807, 2.05) is 58.0 Å². The lowest BCUT2D eigenvalue weighted by Crippen LogP contribution is -2.49. The zero-order valence-corrected chi connectivity index (χ0v) is 36.0. The Morgan fingerprint density at radius 2 is 1.58 bits per heavy atom. The molecule has 16 heteroatoms. The van der Waals surface area contributed by atoms with E-state index in [2.05, 4.69) is 35.5 Å². The Morgan fingerprint density at radius 3 is 2.25 bits per heavy atom. The van der Waals surface area contributed by atoms with Crippen LogP contribution in [0.1, 0.15) is 52.6 Å². The van der Waals surface area contributed by atoms with Gasteiger partial charge in [-0.15, -0.1) is 0 Å². The second-order valence-electron chi connectivity index (χ2n) is 15.9. The normalized spacial score (nSPS) is 13.8. The molecule has 2 heterocycles. The molecular weight excluding hydrogens is 785 g/mol. The summed E-state index contributed by atoms with van der Waals surface area (Å²) in [7, 11) is -0.689. The van der Waals surface area contributed by atoms with Crippen LogP contribution in [0.3, 0.4) is 0 Å². The number of aryl methyl sites for hydroxylation is 1. The lowest BCUT2D eigenvalue weighted by atomic mass is 9.86. The maximum Gasteiger partial charge on any atom is 0.255 e. The van der Waals surface area contributed by atoms with E-state index in [1.54, 1.807) is 42.6 Å². The van der Waals surface area contributed by atoms with Crippen LogP contribution in [0.25, 0.3) is 22.0 Å². The number of aromatic nitrogens is 2. The smallest absolute Gasteiger partial charge is 0.255 e. The van der Waals surface area contributed by atoms with Gasteiger partial charge in [-0.25, -0.2) is 18.4 Å². The molecule has 5 aromatic rings. The maximum absolute atomic E-state index is 13.8. The zero-order valence-electron chi connectivity index (χ0n) is 35.2. The molecule has 0 spiro atoms. The number of methoxy groups -OCH3 is 2. The van der Waals surface area contributed by atoms with Crippen molar-refractivity contribution in [1.82, 2.24) is 25.1 Å². The third-order valence-electron chi connectivity index (χ3n) is 10.4. The monoisotopic (exact) mass is 838 g/mol. The van der Waals surface area contributed by atoms with Crippen molar-refractivity contribution in [2.24, 2.45) is 0 Å². The van der Waals surface area contributed by atoms with Gasteiger partial charge < -0.3 is 30.5 Å². The van der Waals surface area contributed by atoms with Gasteiger partial charge >= 0.3 is 0 Å². The van der Waals surface area contributed by atoms with Gasteiger partial charge in [-0.05, 0) is 83.1 Å². The second kappa shape index (κ2) is 18.6. The van der Waals surface area contributed by atoms with Gasteiger partial charge in [0.2, 0.25) is 16.0 Å². The molecule has 0 bridgehead atoms.